The summed E-state index contributed by atoms with van der Waals surface area (Å²) < 4.78 is 39.6. The number of halogens is 3. The minimum absolute atomic E-state index is 0.165. The smallest absolute Gasteiger partial charge is 0.372 e. The third-order valence-electron chi connectivity index (χ3n) is 2.29. The first-order valence-electron chi connectivity index (χ1n) is 6.27. The summed E-state index contributed by atoms with van der Waals surface area (Å²) in [6.07, 6.45) is -0.0161. The van der Waals surface area contributed by atoms with Crippen LogP contribution >= 0.6 is 0 Å². The van der Waals surface area contributed by atoms with Crippen LogP contribution in [0.25, 0.3) is 0 Å². The number of nitrogens with one attached hydrogen (secondary N) is 1. The maximum Gasteiger partial charge on any atom is 0.411 e. The Morgan fingerprint density at radius 2 is 1.71 bits per heavy atom. The summed E-state index contributed by atoms with van der Waals surface area (Å²) in [5, 5.41) is 3.20. The predicted molar refractivity (Wildman–Crippen MR) is 63.0 cm³/mol. The molecule has 0 rings (SSSR count). The Kier molecular flexibility index (Phi) is 9.55. The Balaban J connectivity index is 3.04. The van der Waals surface area contributed by atoms with E-state index < -0.39 is 12.8 Å². The first-order valence-corrected chi connectivity index (χ1v) is 6.27. The van der Waals surface area contributed by atoms with Crippen molar-refractivity contribution in [2.75, 3.05) is 26.3 Å². The normalized spacial score (nSPS) is 12.4. The van der Waals surface area contributed by atoms with Crippen LogP contribution in [0, 0.1) is 5.92 Å². The molecule has 0 aliphatic carbocycles. The quantitative estimate of drug-likeness (QED) is 0.604. The van der Waals surface area contributed by atoms with Gasteiger partial charge in [-0.15, -0.1) is 0 Å². The Bertz CT molecular complexity index is 172. The zero-order valence-corrected chi connectivity index (χ0v) is 10.8. The molecule has 0 saturated carbocycles. The van der Waals surface area contributed by atoms with Crippen molar-refractivity contribution in [1.29, 1.82) is 0 Å². The van der Waals surface area contributed by atoms with Crippen LogP contribution in [-0.2, 0) is 4.74 Å². The molecule has 5 heteroatoms. The van der Waals surface area contributed by atoms with Crippen molar-refractivity contribution in [3.8, 4) is 0 Å². The molecule has 0 saturated heterocycles. The maximum atomic E-state index is 11.7. The van der Waals surface area contributed by atoms with Gasteiger partial charge in [0.25, 0.3) is 0 Å². The number of rotatable bonds is 10. The summed E-state index contributed by atoms with van der Waals surface area (Å²) in [7, 11) is 0. The van der Waals surface area contributed by atoms with E-state index >= 15 is 0 Å². The Hall–Kier alpha value is -0.290. The van der Waals surface area contributed by atoms with E-state index in [0.29, 0.717) is 6.42 Å². The highest BCUT2D eigenvalue weighted by molar-refractivity contribution is 4.52. The first-order chi connectivity index (χ1) is 7.92. The van der Waals surface area contributed by atoms with E-state index in [-0.39, 0.29) is 6.61 Å². The van der Waals surface area contributed by atoms with Crippen LogP contribution in [0.4, 0.5) is 13.2 Å². The average molecular weight is 255 g/mol. The van der Waals surface area contributed by atoms with Gasteiger partial charge in [0.05, 0.1) is 0 Å². The summed E-state index contributed by atoms with van der Waals surface area (Å²) in [5.74, 6) is 0.741. The highest BCUT2D eigenvalue weighted by atomic mass is 19.4. The summed E-state index contributed by atoms with van der Waals surface area (Å²) in [6, 6.07) is 0. The lowest BCUT2D eigenvalue weighted by molar-refractivity contribution is -0.173. The van der Waals surface area contributed by atoms with Crippen molar-refractivity contribution < 1.29 is 17.9 Å². The number of ether oxygens (including phenoxy) is 1. The lowest BCUT2D eigenvalue weighted by Gasteiger charge is -2.08. The van der Waals surface area contributed by atoms with E-state index in [2.05, 4.69) is 23.9 Å². The highest BCUT2D eigenvalue weighted by Gasteiger charge is 2.26. The van der Waals surface area contributed by atoms with Gasteiger partial charge in [0.2, 0.25) is 0 Å². The number of alkyl halides is 3. The van der Waals surface area contributed by atoms with Gasteiger partial charge in [-0.1, -0.05) is 26.7 Å². The van der Waals surface area contributed by atoms with E-state index in [4.69, 9.17) is 0 Å². The fourth-order valence-corrected chi connectivity index (χ4v) is 1.41. The lowest BCUT2D eigenvalue weighted by atomic mass is 10.1. The molecule has 0 aliphatic rings. The number of hydrogen-bond acceptors (Lipinski definition) is 2. The van der Waals surface area contributed by atoms with Crippen LogP contribution < -0.4 is 5.32 Å². The molecule has 1 N–H and O–H groups in total. The van der Waals surface area contributed by atoms with Crippen molar-refractivity contribution in [1.82, 2.24) is 5.32 Å². The van der Waals surface area contributed by atoms with Gasteiger partial charge < -0.3 is 10.1 Å². The molecule has 0 radical (unpaired) electrons. The van der Waals surface area contributed by atoms with Crippen LogP contribution in [0.3, 0.4) is 0 Å². The molecule has 0 heterocycles. The molecule has 0 fully saturated rings. The zero-order valence-electron chi connectivity index (χ0n) is 10.8. The molecule has 17 heavy (non-hydrogen) atoms. The van der Waals surface area contributed by atoms with E-state index in [0.717, 1.165) is 25.4 Å². The van der Waals surface area contributed by atoms with Crippen molar-refractivity contribution in [2.45, 2.75) is 45.7 Å². The molecule has 2 nitrogen and oxygen atoms in total. The van der Waals surface area contributed by atoms with Crippen LogP contribution in [0.2, 0.25) is 0 Å². The van der Waals surface area contributed by atoms with Gasteiger partial charge in [-0.3, -0.25) is 0 Å². The van der Waals surface area contributed by atoms with Gasteiger partial charge >= 0.3 is 6.18 Å². The highest BCUT2D eigenvalue weighted by Crippen LogP contribution is 2.14. The molecule has 104 valence electrons. The number of unbranched alkanes of at least 4 members (excludes halogenated alkanes) is 1. The maximum absolute atomic E-state index is 11.7. The van der Waals surface area contributed by atoms with Crippen LogP contribution in [0.15, 0.2) is 0 Å². The molecule has 0 aromatic rings. The molecule has 0 amide bonds. The standard InChI is InChI=1S/C12H24F3NO/c1-11(2)6-3-4-7-16-8-5-9-17-10-12(13,14)15/h11,16H,3-10H2,1-2H3. The Morgan fingerprint density at radius 3 is 2.29 bits per heavy atom. The molecular weight excluding hydrogens is 231 g/mol. The van der Waals surface area contributed by atoms with E-state index in [1.807, 2.05) is 0 Å². The summed E-state index contributed by atoms with van der Waals surface area (Å²) in [5.41, 5.74) is 0. The second kappa shape index (κ2) is 9.71. The fourth-order valence-electron chi connectivity index (χ4n) is 1.41. The second-order valence-corrected chi connectivity index (χ2v) is 4.66. The first kappa shape index (κ1) is 16.7. The van der Waals surface area contributed by atoms with Gasteiger partial charge in [-0.2, -0.15) is 13.2 Å². The SMILES string of the molecule is CC(C)CCCCNCCCOCC(F)(F)F. The van der Waals surface area contributed by atoms with Crippen molar-refractivity contribution in [2.24, 2.45) is 5.92 Å². The molecule has 0 atom stereocenters. The van der Waals surface area contributed by atoms with E-state index in [9.17, 15) is 13.2 Å². The number of hydrogen-bond donors (Lipinski definition) is 1. The van der Waals surface area contributed by atoms with Gasteiger partial charge in [0.15, 0.2) is 0 Å². The third kappa shape index (κ3) is 15.7. The minimum atomic E-state index is -4.20. The van der Waals surface area contributed by atoms with E-state index in [1.54, 1.807) is 0 Å². The summed E-state index contributed by atoms with van der Waals surface area (Å²) in [6.45, 7) is 5.09. The summed E-state index contributed by atoms with van der Waals surface area (Å²) in [4.78, 5) is 0. The Labute approximate surface area is 102 Å². The zero-order chi connectivity index (χ0) is 13.1. The largest absolute Gasteiger partial charge is 0.411 e. The minimum Gasteiger partial charge on any atom is -0.372 e. The molecule has 0 aliphatic heterocycles. The van der Waals surface area contributed by atoms with Gasteiger partial charge in [0, 0.05) is 6.61 Å². The molecule has 0 aromatic heterocycles. The monoisotopic (exact) mass is 255 g/mol. The Morgan fingerprint density at radius 1 is 1.06 bits per heavy atom. The predicted octanol–water partition coefficient (Wildman–Crippen LogP) is 3.37. The second-order valence-electron chi connectivity index (χ2n) is 4.66. The van der Waals surface area contributed by atoms with Crippen molar-refractivity contribution >= 4 is 0 Å². The topological polar surface area (TPSA) is 21.3 Å². The van der Waals surface area contributed by atoms with Gasteiger partial charge in [-0.05, 0) is 31.8 Å². The van der Waals surface area contributed by atoms with Gasteiger partial charge in [-0.25, -0.2) is 0 Å². The molecule has 0 spiro atoms. The van der Waals surface area contributed by atoms with Crippen molar-refractivity contribution in [3.63, 3.8) is 0 Å². The molecular formula is C12H24F3NO. The lowest BCUT2D eigenvalue weighted by Crippen LogP contribution is -2.21. The summed E-state index contributed by atoms with van der Waals surface area (Å²) >= 11 is 0. The van der Waals surface area contributed by atoms with Crippen LogP contribution in [0.1, 0.15) is 39.5 Å². The molecule has 0 unspecified atom stereocenters. The molecule has 0 aromatic carbocycles. The van der Waals surface area contributed by atoms with Gasteiger partial charge in [0.1, 0.15) is 6.61 Å². The van der Waals surface area contributed by atoms with E-state index in [1.165, 1.54) is 12.8 Å². The van der Waals surface area contributed by atoms with Crippen LogP contribution in [0.5, 0.6) is 0 Å². The van der Waals surface area contributed by atoms with Crippen molar-refractivity contribution in [3.05, 3.63) is 0 Å². The van der Waals surface area contributed by atoms with Crippen LogP contribution in [-0.4, -0.2) is 32.5 Å². The third-order valence-corrected chi connectivity index (χ3v) is 2.29. The average Bonchev–Trinajstić information content (AvgIpc) is 2.18. The fraction of sp³-hybridized carbons (Fsp3) is 1.00. The molecule has 0 bridgehead atoms.